The van der Waals surface area contributed by atoms with Crippen molar-refractivity contribution in [1.82, 2.24) is 19.6 Å². The van der Waals surface area contributed by atoms with Gasteiger partial charge in [-0.25, -0.2) is 13.4 Å². The van der Waals surface area contributed by atoms with Gasteiger partial charge in [-0.15, -0.1) is 0 Å². The van der Waals surface area contributed by atoms with E-state index in [1.165, 1.54) is 19.3 Å². The number of rotatable bonds is 11. The number of H-pyrrole nitrogens is 1. The van der Waals surface area contributed by atoms with Crippen molar-refractivity contribution < 1.29 is 8.42 Å². The molecule has 9 heteroatoms. The molecule has 0 saturated heterocycles. The minimum absolute atomic E-state index is 0.301. The fourth-order valence-corrected chi connectivity index (χ4v) is 6.57. The molecule has 0 bridgehead atoms. The van der Waals surface area contributed by atoms with Crippen molar-refractivity contribution in [3.8, 4) is 0 Å². The zero-order valence-corrected chi connectivity index (χ0v) is 22.0. The summed E-state index contributed by atoms with van der Waals surface area (Å²) in [4.78, 5) is 7.42. The summed E-state index contributed by atoms with van der Waals surface area (Å²) in [6.07, 6.45) is 9.82. The van der Waals surface area contributed by atoms with Gasteiger partial charge >= 0.3 is 0 Å². The van der Waals surface area contributed by atoms with Crippen LogP contribution in [-0.4, -0.2) is 35.8 Å². The topological polar surface area (TPSA) is 78.1 Å². The van der Waals surface area contributed by atoms with Crippen molar-refractivity contribution >= 4 is 33.2 Å². The number of hydrogen-bond acceptors (Lipinski definition) is 4. The van der Waals surface area contributed by atoms with Crippen molar-refractivity contribution in [2.24, 2.45) is 5.92 Å². The highest BCUT2D eigenvalue weighted by Crippen LogP contribution is 2.28. The molecule has 0 unspecified atom stereocenters. The SMILES string of the molecule is O=S(=O)(c1ccc(CNCCc2ccc(Cl)cc2Cl)cc1)N(Cc1cnc[nH]1)CC1CCCCC1. The largest absolute Gasteiger partial charge is 0.347 e. The molecular weight excluding hydrogens is 503 g/mol. The molecule has 188 valence electrons. The summed E-state index contributed by atoms with van der Waals surface area (Å²) in [7, 11) is -3.62. The number of hydrogen-bond donors (Lipinski definition) is 2. The minimum Gasteiger partial charge on any atom is -0.347 e. The van der Waals surface area contributed by atoms with Crippen LogP contribution in [0.4, 0.5) is 0 Å². The molecule has 1 fully saturated rings. The van der Waals surface area contributed by atoms with Crippen LogP contribution in [0.15, 0.2) is 59.9 Å². The highest BCUT2D eigenvalue weighted by molar-refractivity contribution is 7.89. The summed E-state index contributed by atoms with van der Waals surface area (Å²) in [5, 5.41) is 4.69. The van der Waals surface area contributed by atoms with E-state index in [2.05, 4.69) is 15.3 Å². The van der Waals surface area contributed by atoms with Crippen LogP contribution in [-0.2, 0) is 29.5 Å². The quantitative estimate of drug-likeness (QED) is 0.304. The molecule has 0 spiro atoms. The van der Waals surface area contributed by atoms with Gasteiger partial charge in [-0.1, -0.05) is 60.7 Å². The number of benzene rings is 2. The average Bonchev–Trinajstić information content (AvgIpc) is 3.37. The van der Waals surface area contributed by atoms with Crippen molar-refractivity contribution in [2.45, 2.75) is 56.5 Å². The van der Waals surface area contributed by atoms with Gasteiger partial charge in [0.1, 0.15) is 0 Å². The molecule has 0 radical (unpaired) electrons. The van der Waals surface area contributed by atoms with E-state index in [0.29, 0.717) is 40.5 Å². The zero-order valence-electron chi connectivity index (χ0n) is 19.7. The Balaban J connectivity index is 1.37. The van der Waals surface area contributed by atoms with Gasteiger partial charge in [0.05, 0.1) is 17.8 Å². The third-order valence-electron chi connectivity index (χ3n) is 6.56. The molecule has 2 aromatic carbocycles. The first-order chi connectivity index (χ1) is 16.9. The fourth-order valence-electron chi connectivity index (χ4n) is 4.58. The number of nitrogens with one attached hydrogen (secondary N) is 2. The maximum Gasteiger partial charge on any atom is 0.243 e. The molecule has 0 amide bonds. The lowest BCUT2D eigenvalue weighted by Crippen LogP contribution is -2.35. The summed E-state index contributed by atoms with van der Waals surface area (Å²) in [5.74, 6) is 0.402. The average molecular weight is 536 g/mol. The Morgan fingerprint density at radius 1 is 1.06 bits per heavy atom. The van der Waals surface area contributed by atoms with Crippen LogP contribution in [0.1, 0.15) is 48.9 Å². The molecule has 1 aliphatic rings. The molecule has 35 heavy (non-hydrogen) atoms. The number of aromatic amines is 1. The van der Waals surface area contributed by atoms with Crippen LogP contribution in [0.2, 0.25) is 10.0 Å². The lowest BCUT2D eigenvalue weighted by Gasteiger charge is -2.29. The van der Waals surface area contributed by atoms with E-state index < -0.39 is 10.0 Å². The highest BCUT2D eigenvalue weighted by Gasteiger charge is 2.28. The monoisotopic (exact) mass is 534 g/mol. The molecule has 1 aliphatic carbocycles. The maximum absolute atomic E-state index is 13.6. The molecule has 1 heterocycles. The molecule has 0 aliphatic heterocycles. The Bertz CT molecular complexity index is 1180. The van der Waals surface area contributed by atoms with Gasteiger partial charge in [0.2, 0.25) is 10.0 Å². The Hall–Kier alpha value is -1.90. The third-order valence-corrected chi connectivity index (χ3v) is 8.98. The predicted octanol–water partition coefficient (Wildman–Crippen LogP) is 5.82. The predicted molar refractivity (Wildman–Crippen MR) is 141 cm³/mol. The first-order valence-corrected chi connectivity index (χ1v) is 14.3. The molecule has 3 aromatic rings. The van der Waals surface area contributed by atoms with E-state index >= 15 is 0 Å². The van der Waals surface area contributed by atoms with E-state index in [1.807, 2.05) is 24.3 Å². The van der Waals surface area contributed by atoms with E-state index in [9.17, 15) is 8.42 Å². The molecular formula is C26H32Cl2N4O2S. The van der Waals surface area contributed by atoms with Crippen molar-refractivity contribution in [2.75, 3.05) is 13.1 Å². The van der Waals surface area contributed by atoms with Crippen molar-refractivity contribution in [3.05, 3.63) is 81.9 Å². The number of sulfonamides is 1. The lowest BCUT2D eigenvalue weighted by atomic mass is 9.89. The summed E-state index contributed by atoms with van der Waals surface area (Å²) >= 11 is 12.2. The summed E-state index contributed by atoms with van der Waals surface area (Å²) in [6, 6.07) is 12.7. The zero-order chi connectivity index (χ0) is 24.7. The smallest absolute Gasteiger partial charge is 0.243 e. The summed E-state index contributed by atoms with van der Waals surface area (Å²) in [6.45, 7) is 2.24. The van der Waals surface area contributed by atoms with Gasteiger partial charge in [0, 0.05) is 35.0 Å². The van der Waals surface area contributed by atoms with Gasteiger partial charge in [-0.2, -0.15) is 4.31 Å². The Morgan fingerprint density at radius 2 is 1.83 bits per heavy atom. The van der Waals surface area contributed by atoms with Crippen LogP contribution >= 0.6 is 23.2 Å². The van der Waals surface area contributed by atoms with Gasteiger partial charge in [0.15, 0.2) is 0 Å². The molecule has 0 atom stereocenters. The highest BCUT2D eigenvalue weighted by atomic mass is 35.5. The lowest BCUT2D eigenvalue weighted by molar-refractivity contribution is 0.274. The minimum atomic E-state index is -3.62. The molecule has 1 aromatic heterocycles. The van der Waals surface area contributed by atoms with Crippen molar-refractivity contribution in [1.29, 1.82) is 0 Å². The first kappa shape index (κ1) is 26.2. The van der Waals surface area contributed by atoms with Gasteiger partial charge in [-0.05, 0) is 67.1 Å². The molecule has 1 saturated carbocycles. The van der Waals surface area contributed by atoms with Crippen LogP contribution in [0.3, 0.4) is 0 Å². The van der Waals surface area contributed by atoms with E-state index in [4.69, 9.17) is 23.2 Å². The Morgan fingerprint density at radius 3 is 2.51 bits per heavy atom. The second-order valence-electron chi connectivity index (χ2n) is 9.18. The van der Waals surface area contributed by atoms with E-state index in [-0.39, 0.29) is 0 Å². The summed E-state index contributed by atoms with van der Waals surface area (Å²) in [5.41, 5.74) is 2.87. The van der Waals surface area contributed by atoms with E-state index in [1.54, 1.807) is 35.0 Å². The van der Waals surface area contributed by atoms with Crippen LogP contribution < -0.4 is 5.32 Å². The summed E-state index contributed by atoms with van der Waals surface area (Å²) < 4.78 is 28.8. The van der Waals surface area contributed by atoms with Gasteiger partial charge in [-0.3, -0.25) is 0 Å². The Kier molecular flexibility index (Phi) is 9.25. The van der Waals surface area contributed by atoms with Gasteiger partial charge in [0.25, 0.3) is 0 Å². The molecule has 2 N–H and O–H groups in total. The number of aromatic nitrogens is 2. The van der Waals surface area contributed by atoms with Crippen LogP contribution in [0, 0.1) is 5.92 Å². The molecule has 4 rings (SSSR count). The van der Waals surface area contributed by atoms with Crippen LogP contribution in [0.25, 0.3) is 0 Å². The number of nitrogens with zero attached hydrogens (tertiary/aromatic N) is 2. The Labute approximate surface area is 218 Å². The van der Waals surface area contributed by atoms with Crippen molar-refractivity contribution in [3.63, 3.8) is 0 Å². The van der Waals surface area contributed by atoms with Gasteiger partial charge < -0.3 is 10.3 Å². The standard InChI is InChI=1S/C26H32Cl2N4O2S/c27-23-9-8-22(26(28)14-23)12-13-29-15-20-6-10-25(11-7-20)35(33,34)32(18-24-16-30-19-31-24)17-21-4-2-1-3-5-21/h6-11,14,16,19,21,29H,1-5,12-13,15,17-18H2,(H,30,31). The fraction of sp³-hybridized carbons (Fsp3) is 0.423. The number of halogens is 2. The number of imidazole rings is 1. The molecule has 6 nitrogen and oxygen atoms in total. The maximum atomic E-state index is 13.6. The normalized spacial score (nSPS) is 15.1. The van der Waals surface area contributed by atoms with E-state index in [0.717, 1.165) is 42.6 Å². The second-order valence-corrected chi connectivity index (χ2v) is 12.0. The first-order valence-electron chi connectivity index (χ1n) is 12.1. The third kappa shape index (κ3) is 7.30. The van der Waals surface area contributed by atoms with Crippen LogP contribution in [0.5, 0.6) is 0 Å². The second kappa shape index (κ2) is 12.4.